The molecule has 0 radical (unpaired) electrons. The topological polar surface area (TPSA) is 52.1 Å². The molecule has 0 aliphatic rings. The number of hydrogen-bond acceptors (Lipinski definition) is 5. The third-order valence-corrected chi connectivity index (χ3v) is 2.53. The van der Waals surface area contributed by atoms with E-state index in [9.17, 15) is 4.79 Å². The van der Waals surface area contributed by atoms with Crippen LogP contribution in [0.15, 0.2) is 29.6 Å². The Balaban J connectivity index is 2.36. The molecule has 2 aromatic rings. The Morgan fingerprint density at radius 2 is 2.25 bits per heavy atom. The molecule has 1 aromatic carbocycles. The number of rotatable bonds is 4. The fraction of sp³-hybridized carbons (Fsp3) is 0.182. The summed E-state index contributed by atoms with van der Waals surface area (Å²) in [7, 11) is 0. The maximum Gasteiger partial charge on any atom is 0.217 e. The Morgan fingerprint density at radius 1 is 1.44 bits per heavy atom. The summed E-state index contributed by atoms with van der Waals surface area (Å²) in [5.74, 6) is 0.431. The lowest BCUT2D eigenvalue weighted by Gasteiger charge is -2.07. The van der Waals surface area contributed by atoms with Crippen molar-refractivity contribution in [3.63, 3.8) is 0 Å². The first kappa shape index (κ1) is 10.8. The Morgan fingerprint density at radius 3 is 2.94 bits per heavy atom. The molecule has 0 spiro atoms. The van der Waals surface area contributed by atoms with Gasteiger partial charge in [-0.3, -0.25) is 4.79 Å². The van der Waals surface area contributed by atoms with Gasteiger partial charge in [-0.05, 0) is 30.6 Å². The third kappa shape index (κ3) is 2.09. The molecule has 0 fully saturated rings. The SMILES string of the molecule is CCOc1ccccc1C(=O)c1csnn1. The molecule has 0 unspecified atom stereocenters. The molecule has 2 rings (SSSR count). The highest BCUT2D eigenvalue weighted by Gasteiger charge is 2.16. The summed E-state index contributed by atoms with van der Waals surface area (Å²) in [5.41, 5.74) is 0.884. The van der Waals surface area contributed by atoms with Crippen LogP contribution in [0.25, 0.3) is 0 Å². The van der Waals surface area contributed by atoms with Gasteiger partial charge in [0.05, 0.1) is 12.2 Å². The standard InChI is InChI=1S/C11H10N2O2S/c1-2-15-10-6-4-3-5-8(10)11(14)9-7-16-13-12-9/h3-7H,2H2,1H3. The van der Waals surface area contributed by atoms with Crippen LogP contribution in [0.4, 0.5) is 0 Å². The van der Waals surface area contributed by atoms with Gasteiger partial charge in [0.2, 0.25) is 5.78 Å². The van der Waals surface area contributed by atoms with Gasteiger partial charge in [0.25, 0.3) is 0 Å². The van der Waals surface area contributed by atoms with Crippen molar-refractivity contribution in [2.45, 2.75) is 6.92 Å². The highest BCUT2D eigenvalue weighted by atomic mass is 32.1. The number of carbonyl (C=O) groups is 1. The maximum atomic E-state index is 12.0. The molecule has 16 heavy (non-hydrogen) atoms. The molecule has 82 valence electrons. The van der Waals surface area contributed by atoms with Crippen LogP contribution in [-0.2, 0) is 0 Å². The number of aromatic nitrogens is 2. The van der Waals surface area contributed by atoms with Crippen molar-refractivity contribution in [3.8, 4) is 5.75 Å². The van der Waals surface area contributed by atoms with Crippen LogP contribution in [0.1, 0.15) is 23.0 Å². The number of para-hydroxylation sites is 1. The fourth-order valence-electron chi connectivity index (χ4n) is 1.34. The molecular formula is C11H10N2O2S. The van der Waals surface area contributed by atoms with Crippen molar-refractivity contribution in [3.05, 3.63) is 40.9 Å². The molecule has 4 nitrogen and oxygen atoms in total. The van der Waals surface area contributed by atoms with E-state index >= 15 is 0 Å². The van der Waals surface area contributed by atoms with Crippen molar-refractivity contribution in [1.82, 2.24) is 9.59 Å². The van der Waals surface area contributed by atoms with E-state index < -0.39 is 0 Å². The zero-order chi connectivity index (χ0) is 11.4. The van der Waals surface area contributed by atoms with Crippen LogP contribution < -0.4 is 4.74 Å². The molecule has 0 saturated carbocycles. The summed E-state index contributed by atoms with van der Waals surface area (Å²) in [6.07, 6.45) is 0. The van der Waals surface area contributed by atoms with Crippen LogP contribution >= 0.6 is 11.5 Å². The van der Waals surface area contributed by atoms with Crippen LogP contribution in [-0.4, -0.2) is 22.0 Å². The molecule has 0 amide bonds. The normalized spacial score (nSPS) is 10.1. The zero-order valence-electron chi connectivity index (χ0n) is 8.71. The maximum absolute atomic E-state index is 12.0. The van der Waals surface area contributed by atoms with Crippen molar-refractivity contribution in [2.24, 2.45) is 0 Å². The smallest absolute Gasteiger partial charge is 0.217 e. The van der Waals surface area contributed by atoms with Gasteiger partial charge in [-0.15, -0.1) is 5.10 Å². The molecule has 0 atom stereocenters. The van der Waals surface area contributed by atoms with E-state index in [-0.39, 0.29) is 5.78 Å². The van der Waals surface area contributed by atoms with E-state index in [2.05, 4.69) is 9.59 Å². The highest BCUT2D eigenvalue weighted by Crippen LogP contribution is 2.20. The summed E-state index contributed by atoms with van der Waals surface area (Å²) in [6, 6.07) is 7.14. The lowest BCUT2D eigenvalue weighted by atomic mass is 10.1. The van der Waals surface area contributed by atoms with Crippen LogP contribution in [0.3, 0.4) is 0 Å². The van der Waals surface area contributed by atoms with Crippen LogP contribution in [0, 0.1) is 0 Å². The first-order valence-electron chi connectivity index (χ1n) is 4.86. The van der Waals surface area contributed by atoms with Gasteiger partial charge in [-0.25, -0.2) is 0 Å². The molecule has 0 bridgehead atoms. The van der Waals surface area contributed by atoms with Crippen LogP contribution in [0.5, 0.6) is 5.75 Å². The largest absolute Gasteiger partial charge is 0.493 e. The summed E-state index contributed by atoms with van der Waals surface area (Å²) in [6.45, 7) is 2.41. The van der Waals surface area contributed by atoms with E-state index in [0.717, 1.165) is 11.5 Å². The molecule has 1 aromatic heterocycles. The summed E-state index contributed by atoms with van der Waals surface area (Å²) >= 11 is 1.16. The second-order valence-electron chi connectivity index (χ2n) is 3.05. The minimum absolute atomic E-state index is 0.155. The first-order chi connectivity index (χ1) is 7.83. The number of carbonyl (C=O) groups excluding carboxylic acids is 1. The van der Waals surface area contributed by atoms with E-state index in [1.165, 1.54) is 0 Å². The number of ketones is 1. The van der Waals surface area contributed by atoms with Crippen molar-refractivity contribution in [1.29, 1.82) is 0 Å². The Hall–Kier alpha value is -1.75. The average Bonchev–Trinajstić information content (AvgIpc) is 2.83. The molecule has 5 heteroatoms. The summed E-state index contributed by atoms with van der Waals surface area (Å²) in [4.78, 5) is 12.0. The lowest BCUT2D eigenvalue weighted by Crippen LogP contribution is -2.05. The monoisotopic (exact) mass is 234 g/mol. The molecule has 1 heterocycles. The second kappa shape index (κ2) is 4.85. The number of ether oxygens (including phenoxy) is 1. The van der Waals surface area contributed by atoms with Crippen LogP contribution in [0.2, 0.25) is 0 Å². The van der Waals surface area contributed by atoms with Gasteiger partial charge < -0.3 is 4.74 Å². The highest BCUT2D eigenvalue weighted by molar-refractivity contribution is 7.03. The number of benzene rings is 1. The Bertz CT molecular complexity index is 482. The molecule has 0 N–H and O–H groups in total. The third-order valence-electron chi connectivity index (χ3n) is 2.02. The average molecular weight is 234 g/mol. The Kier molecular flexibility index (Phi) is 3.26. The van der Waals surface area contributed by atoms with Gasteiger partial charge in [0.15, 0.2) is 0 Å². The van der Waals surface area contributed by atoms with Gasteiger partial charge in [-0.2, -0.15) is 0 Å². The van der Waals surface area contributed by atoms with E-state index in [1.807, 2.05) is 13.0 Å². The quantitative estimate of drug-likeness (QED) is 0.761. The second-order valence-corrected chi connectivity index (χ2v) is 3.66. The molecule has 0 saturated heterocycles. The first-order valence-corrected chi connectivity index (χ1v) is 5.70. The molecule has 0 aliphatic carbocycles. The number of nitrogens with zero attached hydrogens (tertiary/aromatic N) is 2. The van der Waals surface area contributed by atoms with E-state index in [1.54, 1.807) is 23.6 Å². The van der Waals surface area contributed by atoms with Gasteiger partial charge >= 0.3 is 0 Å². The summed E-state index contributed by atoms with van der Waals surface area (Å²) < 4.78 is 9.06. The fourth-order valence-corrected chi connectivity index (χ4v) is 1.77. The van der Waals surface area contributed by atoms with Gasteiger partial charge in [0, 0.05) is 5.38 Å². The Labute approximate surface area is 97.0 Å². The van der Waals surface area contributed by atoms with Crippen molar-refractivity contribution in [2.75, 3.05) is 6.61 Å². The lowest BCUT2D eigenvalue weighted by molar-refractivity contribution is 0.103. The van der Waals surface area contributed by atoms with Gasteiger partial charge in [0.1, 0.15) is 11.4 Å². The zero-order valence-corrected chi connectivity index (χ0v) is 9.53. The van der Waals surface area contributed by atoms with E-state index in [0.29, 0.717) is 23.6 Å². The number of hydrogen-bond donors (Lipinski definition) is 0. The van der Waals surface area contributed by atoms with Crippen molar-refractivity contribution >= 4 is 17.3 Å². The predicted octanol–water partition coefficient (Wildman–Crippen LogP) is 2.17. The molecule has 0 aliphatic heterocycles. The summed E-state index contributed by atoms with van der Waals surface area (Å²) in [5, 5.41) is 5.39. The van der Waals surface area contributed by atoms with E-state index in [4.69, 9.17) is 4.74 Å². The predicted molar refractivity (Wildman–Crippen MR) is 61.0 cm³/mol. The minimum Gasteiger partial charge on any atom is -0.493 e. The van der Waals surface area contributed by atoms with Crippen molar-refractivity contribution < 1.29 is 9.53 Å². The van der Waals surface area contributed by atoms with Gasteiger partial charge in [-0.1, -0.05) is 16.6 Å². The minimum atomic E-state index is -0.155. The molecular weight excluding hydrogens is 224 g/mol.